The van der Waals surface area contributed by atoms with E-state index in [2.05, 4.69) is 15.5 Å². The number of rotatable bonds is 8. The van der Waals surface area contributed by atoms with Crippen LogP contribution in [0.5, 0.6) is 0 Å². The van der Waals surface area contributed by atoms with Gasteiger partial charge in [-0.3, -0.25) is 14.0 Å². The Hall–Kier alpha value is -3.43. The molecule has 0 aliphatic carbocycles. The first-order valence-electron chi connectivity index (χ1n) is 10.5. The molecule has 0 spiro atoms. The van der Waals surface area contributed by atoms with Crippen molar-refractivity contribution in [3.05, 3.63) is 59.8 Å². The number of hydrogen-bond donors (Lipinski definition) is 1. The molecular formula is C22H22F3N5O2. The lowest BCUT2D eigenvalue weighted by molar-refractivity contribution is -0.126. The number of fused-ring (bicyclic) bond motifs is 1. The second kappa shape index (κ2) is 9.37. The van der Waals surface area contributed by atoms with Crippen LogP contribution in [0.15, 0.2) is 36.5 Å². The lowest BCUT2D eigenvalue weighted by atomic mass is 10.1. The van der Waals surface area contributed by atoms with E-state index in [-0.39, 0.29) is 24.6 Å². The molecule has 0 saturated carbocycles. The molecule has 0 radical (unpaired) electrons. The predicted octanol–water partition coefficient (Wildman–Crippen LogP) is 3.03. The van der Waals surface area contributed by atoms with E-state index in [1.54, 1.807) is 0 Å². The van der Waals surface area contributed by atoms with Crippen LogP contribution >= 0.6 is 0 Å². The number of nitrogens with one attached hydrogen (secondary N) is 1. The van der Waals surface area contributed by atoms with Crippen molar-refractivity contribution in [1.82, 2.24) is 19.9 Å². The zero-order chi connectivity index (χ0) is 22.7. The number of pyridine rings is 1. The average molecular weight is 445 g/mol. The van der Waals surface area contributed by atoms with Crippen LogP contribution in [0.1, 0.15) is 31.5 Å². The SMILES string of the molecule is O=C(NCCCCCc1nnc2ccccn12)[C@@H]1CC(=O)N(c2cc(F)c(F)c(F)c2)C1. The van der Waals surface area contributed by atoms with Crippen LogP contribution in [0.3, 0.4) is 0 Å². The van der Waals surface area contributed by atoms with Gasteiger partial charge < -0.3 is 10.2 Å². The van der Waals surface area contributed by atoms with Gasteiger partial charge in [-0.2, -0.15) is 0 Å². The molecule has 1 aliphatic rings. The van der Waals surface area contributed by atoms with E-state index in [4.69, 9.17) is 0 Å². The summed E-state index contributed by atoms with van der Waals surface area (Å²) in [4.78, 5) is 25.7. The number of nitrogens with zero attached hydrogens (tertiary/aromatic N) is 4. The topological polar surface area (TPSA) is 79.6 Å². The number of anilines is 1. The van der Waals surface area contributed by atoms with Crippen LogP contribution in [0.2, 0.25) is 0 Å². The van der Waals surface area contributed by atoms with E-state index in [0.29, 0.717) is 6.54 Å². The van der Waals surface area contributed by atoms with Gasteiger partial charge in [0.1, 0.15) is 5.82 Å². The summed E-state index contributed by atoms with van der Waals surface area (Å²) < 4.78 is 42.0. The lowest BCUT2D eigenvalue weighted by Gasteiger charge is -2.17. The molecule has 4 rings (SSSR count). The van der Waals surface area contributed by atoms with Crippen molar-refractivity contribution >= 4 is 23.1 Å². The Kier molecular flexibility index (Phi) is 6.38. The molecule has 32 heavy (non-hydrogen) atoms. The molecule has 1 aromatic carbocycles. The van der Waals surface area contributed by atoms with Gasteiger partial charge in [0.15, 0.2) is 23.1 Å². The molecule has 2 amide bonds. The zero-order valence-electron chi connectivity index (χ0n) is 17.2. The normalized spacial score (nSPS) is 16.2. The van der Waals surface area contributed by atoms with Gasteiger partial charge in [0.05, 0.1) is 5.92 Å². The third-order valence-electron chi connectivity index (χ3n) is 5.54. The molecule has 7 nitrogen and oxygen atoms in total. The first-order chi connectivity index (χ1) is 15.4. The van der Waals surface area contributed by atoms with E-state index >= 15 is 0 Å². The second-order valence-electron chi connectivity index (χ2n) is 7.78. The summed E-state index contributed by atoms with van der Waals surface area (Å²) in [5.74, 6) is -4.79. The van der Waals surface area contributed by atoms with Crippen molar-refractivity contribution in [2.75, 3.05) is 18.0 Å². The number of carbonyl (C=O) groups excluding carboxylic acids is 2. The molecule has 3 heterocycles. The summed E-state index contributed by atoms with van der Waals surface area (Å²) in [7, 11) is 0. The number of aromatic nitrogens is 3. The van der Waals surface area contributed by atoms with Crippen LogP contribution in [0, 0.1) is 23.4 Å². The van der Waals surface area contributed by atoms with Crippen LogP contribution < -0.4 is 10.2 Å². The molecular weight excluding hydrogens is 423 g/mol. The van der Waals surface area contributed by atoms with Crippen molar-refractivity contribution in [3.8, 4) is 0 Å². The van der Waals surface area contributed by atoms with Crippen molar-refractivity contribution in [2.45, 2.75) is 32.1 Å². The Morgan fingerprint density at radius 1 is 1.09 bits per heavy atom. The largest absolute Gasteiger partial charge is 0.356 e. The van der Waals surface area contributed by atoms with Gasteiger partial charge in [0.25, 0.3) is 0 Å². The molecule has 10 heteroatoms. The van der Waals surface area contributed by atoms with Gasteiger partial charge in [-0.05, 0) is 25.0 Å². The summed E-state index contributed by atoms with van der Waals surface area (Å²) in [6.07, 6.45) is 5.17. The van der Waals surface area contributed by atoms with Crippen LogP contribution in [0.25, 0.3) is 5.65 Å². The Bertz CT molecular complexity index is 1130. The van der Waals surface area contributed by atoms with Crippen molar-refractivity contribution < 1.29 is 22.8 Å². The standard InChI is InChI=1S/C22H22F3N5O2/c23-16-11-15(12-17(24)21(16)25)30-13-14(10-20(30)31)22(32)26-8-4-1-2-6-18-27-28-19-7-3-5-9-29(18)19/h3,5,7,9,11-12,14H,1-2,4,6,8,10,13H2,(H,26,32)/t14-/m1/s1. The van der Waals surface area contributed by atoms with Crippen LogP contribution in [0.4, 0.5) is 18.9 Å². The second-order valence-corrected chi connectivity index (χ2v) is 7.78. The van der Waals surface area contributed by atoms with Crippen molar-refractivity contribution in [3.63, 3.8) is 0 Å². The summed E-state index contributed by atoms with van der Waals surface area (Å²) in [5.41, 5.74) is 0.712. The molecule has 1 fully saturated rings. The summed E-state index contributed by atoms with van der Waals surface area (Å²) in [6.45, 7) is 0.457. The highest BCUT2D eigenvalue weighted by Crippen LogP contribution is 2.28. The third-order valence-corrected chi connectivity index (χ3v) is 5.54. The van der Waals surface area contributed by atoms with E-state index in [9.17, 15) is 22.8 Å². The highest BCUT2D eigenvalue weighted by atomic mass is 19.2. The summed E-state index contributed by atoms with van der Waals surface area (Å²) in [5, 5.41) is 11.1. The van der Waals surface area contributed by atoms with Crippen LogP contribution in [-0.2, 0) is 16.0 Å². The number of benzene rings is 1. The Balaban J connectivity index is 1.20. The lowest BCUT2D eigenvalue weighted by Crippen LogP contribution is -2.33. The molecule has 2 aromatic heterocycles. The highest BCUT2D eigenvalue weighted by molar-refractivity contribution is 6.00. The van der Waals surface area contributed by atoms with E-state index in [1.807, 2.05) is 28.8 Å². The third kappa shape index (κ3) is 4.58. The fraction of sp³-hybridized carbons (Fsp3) is 0.364. The maximum atomic E-state index is 13.5. The maximum absolute atomic E-state index is 13.5. The molecule has 3 aromatic rings. The van der Waals surface area contributed by atoms with Gasteiger partial charge in [-0.15, -0.1) is 10.2 Å². The highest BCUT2D eigenvalue weighted by Gasteiger charge is 2.35. The Morgan fingerprint density at radius 2 is 1.88 bits per heavy atom. The average Bonchev–Trinajstić information content (AvgIpc) is 3.37. The monoisotopic (exact) mass is 445 g/mol. The molecule has 1 N–H and O–H groups in total. The number of aryl methyl sites for hydroxylation is 1. The number of hydrogen-bond acceptors (Lipinski definition) is 4. The van der Waals surface area contributed by atoms with Crippen molar-refractivity contribution in [2.24, 2.45) is 5.92 Å². The Morgan fingerprint density at radius 3 is 2.66 bits per heavy atom. The van der Waals surface area contributed by atoms with Gasteiger partial charge in [0, 0.05) is 49.9 Å². The summed E-state index contributed by atoms with van der Waals surface area (Å²) >= 11 is 0. The molecule has 1 saturated heterocycles. The number of carbonyl (C=O) groups is 2. The number of unbranched alkanes of at least 4 members (excludes halogenated alkanes) is 2. The molecule has 1 atom stereocenters. The fourth-order valence-corrected chi connectivity index (χ4v) is 3.83. The fourth-order valence-electron chi connectivity index (χ4n) is 3.83. The minimum Gasteiger partial charge on any atom is -0.356 e. The maximum Gasteiger partial charge on any atom is 0.227 e. The van der Waals surface area contributed by atoms with E-state index < -0.39 is 29.3 Å². The van der Waals surface area contributed by atoms with Gasteiger partial charge in [-0.1, -0.05) is 12.5 Å². The number of halogens is 3. The zero-order valence-corrected chi connectivity index (χ0v) is 17.2. The predicted molar refractivity (Wildman–Crippen MR) is 110 cm³/mol. The molecule has 0 bridgehead atoms. The van der Waals surface area contributed by atoms with E-state index in [1.165, 1.54) is 0 Å². The minimum atomic E-state index is -1.59. The first kappa shape index (κ1) is 21.8. The minimum absolute atomic E-state index is 0.00483. The van der Waals surface area contributed by atoms with Crippen molar-refractivity contribution in [1.29, 1.82) is 0 Å². The molecule has 0 unspecified atom stereocenters. The van der Waals surface area contributed by atoms with Gasteiger partial charge >= 0.3 is 0 Å². The quantitative estimate of drug-likeness (QED) is 0.427. The smallest absolute Gasteiger partial charge is 0.227 e. The molecule has 1 aliphatic heterocycles. The summed E-state index contributed by atoms with van der Waals surface area (Å²) in [6, 6.07) is 7.24. The van der Waals surface area contributed by atoms with Gasteiger partial charge in [-0.25, -0.2) is 13.2 Å². The first-order valence-corrected chi connectivity index (χ1v) is 10.5. The van der Waals surface area contributed by atoms with Gasteiger partial charge in [0.2, 0.25) is 11.8 Å². The molecule has 168 valence electrons. The van der Waals surface area contributed by atoms with Crippen LogP contribution in [-0.4, -0.2) is 39.5 Å². The number of amides is 2. The Labute approximate surface area is 182 Å². The van der Waals surface area contributed by atoms with E-state index in [0.717, 1.165) is 54.2 Å².